The lowest BCUT2D eigenvalue weighted by atomic mass is 10.0. The van der Waals surface area contributed by atoms with Gasteiger partial charge in [-0.3, -0.25) is 9.78 Å². The molecular weight excluding hydrogens is 274 g/mol. The molecule has 0 aliphatic heterocycles. The fraction of sp³-hybridized carbons (Fsp3) is 0.333. The molecule has 0 spiro atoms. The van der Waals surface area contributed by atoms with Crippen LogP contribution in [0.25, 0.3) is 0 Å². The predicted molar refractivity (Wildman–Crippen MR) is 88.6 cm³/mol. The molecule has 1 heterocycles. The van der Waals surface area contributed by atoms with Crippen molar-refractivity contribution in [3.63, 3.8) is 0 Å². The van der Waals surface area contributed by atoms with E-state index in [2.05, 4.69) is 46.4 Å². The molecular formula is C18H23N3O. The maximum atomic E-state index is 12.1. The molecule has 4 nitrogen and oxygen atoms in total. The van der Waals surface area contributed by atoms with Crippen LogP contribution in [0.5, 0.6) is 0 Å². The molecule has 4 heteroatoms. The van der Waals surface area contributed by atoms with Gasteiger partial charge in [-0.2, -0.15) is 0 Å². The van der Waals surface area contributed by atoms with E-state index < -0.39 is 0 Å². The molecule has 1 N–H and O–H groups in total. The van der Waals surface area contributed by atoms with Crippen molar-refractivity contribution in [1.82, 2.24) is 15.2 Å². The minimum atomic E-state index is 0.0203. The maximum absolute atomic E-state index is 12.1. The molecule has 0 saturated carbocycles. The molecule has 116 valence electrons. The highest BCUT2D eigenvalue weighted by Crippen LogP contribution is 2.17. The number of aryl methyl sites for hydroxylation is 1. The molecule has 2 rings (SSSR count). The second kappa shape index (κ2) is 7.71. The van der Waals surface area contributed by atoms with Crippen molar-refractivity contribution in [2.75, 3.05) is 20.6 Å². The zero-order valence-electron chi connectivity index (χ0n) is 13.4. The number of nitrogens with one attached hydrogen (secondary N) is 1. The molecule has 0 aliphatic carbocycles. The van der Waals surface area contributed by atoms with E-state index in [4.69, 9.17) is 0 Å². The number of amides is 1. The van der Waals surface area contributed by atoms with Crippen LogP contribution in [0, 0.1) is 6.92 Å². The Bertz CT molecular complexity index is 593. The van der Waals surface area contributed by atoms with Gasteiger partial charge in [0, 0.05) is 18.9 Å². The zero-order chi connectivity index (χ0) is 15.9. The van der Waals surface area contributed by atoms with Crippen LogP contribution in [-0.4, -0.2) is 36.4 Å². The van der Waals surface area contributed by atoms with E-state index in [1.807, 2.05) is 26.2 Å². The average molecular weight is 297 g/mol. The molecule has 1 atom stereocenters. The van der Waals surface area contributed by atoms with Gasteiger partial charge in [-0.15, -0.1) is 0 Å². The van der Waals surface area contributed by atoms with Crippen molar-refractivity contribution >= 4 is 5.91 Å². The number of carbonyl (C=O) groups is 1. The van der Waals surface area contributed by atoms with Crippen LogP contribution in [0.2, 0.25) is 0 Å². The first-order chi connectivity index (χ1) is 10.6. The Kier molecular flexibility index (Phi) is 5.67. The minimum absolute atomic E-state index is 0.0203. The molecule has 0 saturated heterocycles. The molecule has 0 radical (unpaired) electrons. The van der Waals surface area contributed by atoms with Crippen LogP contribution in [-0.2, 0) is 11.2 Å². The van der Waals surface area contributed by atoms with Crippen LogP contribution in [0.3, 0.4) is 0 Å². The lowest BCUT2D eigenvalue weighted by molar-refractivity contribution is -0.120. The first kappa shape index (κ1) is 16.2. The smallest absolute Gasteiger partial charge is 0.224 e. The lowest BCUT2D eigenvalue weighted by Crippen LogP contribution is -2.35. The van der Waals surface area contributed by atoms with E-state index in [-0.39, 0.29) is 11.9 Å². The van der Waals surface area contributed by atoms with Crippen LogP contribution in [0.4, 0.5) is 0 Å². The van der Waals surface area contributed by atoms with Crippen molar-refractivity contribution in [3.8, 4) is 0 Å². The van der Waals surface area contributed by atoms with Gasteiger partial charge in [0.1, 0.15) is 0 Å². The fourth-order valence-corrected chi connectivity index (χ4v) is 2.35. The van der Waals surface area contributed by atoms with Crippen molar-refractivity contribution in [2.24, 2.45) is 0 Å². The van der Waals surface area contributed by atoms with Crippen LogP contribution >= 0.6 is 0 Å². The van der Waals surface area contributed by atoms with Gasteiger partial charge >= 0.3 is 0 Å². The summed E-state index contributed by atoms with van der Waals surface area (Å²) in [7, 11) is 4.05. The highest BCUT2D eigenvalue weighted by atomic mass is 16.1. The SMILES string of the molecule is Cc1ccc([C@H](CNC(=O)Cc2cccnc2)N(C)C)cc1. The number of carbonyl (C=O) groups excluding carboxylic acids is 1. The van der Waals surface area contributed by atoms with Gasteiger partial charge in [0.2, 0.25) is 5.91 Å². The third-order valence-corrected chi connectivity index (χ3v) is 3.67. The monoisotopic (exact) mass is 297 g/mol. The van der Waals surface area contributed by atoms with E-state index in [0.29, 0.717) is 13.0 Å². The number of hydrogen-bond acceptors (Lipinski definition) is 3. The summed E-state index contributed by atoms with van der Waals surface area (Å²) < 4.78 is 0. The Balaban J connectivity index is 1.94. The summed E-state index contributed by atoms with van der Waals surface area (Å²) in [4.78, 5) is 18.2. The summed E-state index contributed by atoms with van der Waals surface area (Å²) in [6.45, 7) is 2.67. The van der Waals surface area contributed by atoms with Crippen LogP contribution < -0.4 is 5.32 Å². The van der Waals surface area contributed by atoms with Gasteiger partial charge < -0.3 is 10.2 Å². The first-order valence-electron chi connectivity index (χ1n) is 7.45. The maximum Gasteiger partial charge on any atom is 0.224 e. The van der Waals surface area contributed by atoms with Crippen molar-refractivity contribution in [3.05, 3.63) is 65.5 Å². The Labute approximate surface area is 132 Å². The summed E-state index contributed by atoms with van der Waals surface area (Å²) in [5.41, 5.74) is 3.37. The molecule has 1 amide bonds. The summed E-state index contributed by atoms with van der Waals surface area (Å²) in [5.74, 6) is 0.0203. The standard InChI is InChI=1S/C18H23N3O/c1-14-6-8-16(9-7-14)17(21(2)3)13-20-18(22)11-15-5-4-10-19-12-15/h4-10,12,17H,11,13H2,1-3H3,(H,20,22)/t17-/m0/s1. The van der Waals surface area contributed by atoms with Crippen LogP contribution in [0.15, 0.2) is 48.8 Å². The number of benzene rings is 1. The number of rotatable bonds is 6. The number of pyridine rings is 1. The summed E-state index contributed by atoms with van der Waals surface area (Å²) in [6, 6.07) is 12.4. The molecule has 2 aromatic rings. The van der Waals surface area contributed by atoms with E-state index in [9.17, 15) is 4.79 Å². The summed E-state index contributed by atoms with van der Waals surface area (Å²) >= 11 is 0. The van der Waals surface area contributed by atoms with Crippen molar-refractivity contribution in [1.29, 1.82) is 0 Å². The average Bonchev–Trinajstić information content (AvgIpc) is 2.50. The van der Waals surface area contributed by atoms with Gasteiger partial charge in [-0.05, 0) is 38.2 Å². The number of hydrogen-bond donors (Lipinski definition) is 1. The fourth-order valence-electron chi connectivity index (χ4n) is 2.35. The van der Waals surface area contributed by atoms with Gasteiger partial charge in [0.05, 0.1) is 12.5 Å². The minimum Gasteiger partial charge on any atom is -0.354 e. The number of nitrogens with zero attached hydrogens (tertiary/aromatic N) is 2. The predicted octanol–water partition coefficient (Wildman–Crippen LogP) is 2.35. The third-order valence-electron chi connectivity index (χ3n) is 3.67. The quantitative estimate of drug-likeness (QED) is 0.890. The third kappa shape index (κ3) is 4.67. The van der Waals surface area contributed by atoms with Crippen molar-refractivity contribution < 1.29 is 4.79 Å². The molecule has 0 fully saturated rings. The van der Waals surface area contributed by atoms with E-state index in [1.165, 1.54) is 11.1 Å². The van der Waals surface area contributed by atoms with Crippen molar-refractivity contribution in [2.45, 2.75) is 19.4 Å². The molecule has 0 bridgehead atoms. The van der Waals surface area contributed by atoms with Gasteiger partial charge in [-0.25, -0.2) is 0 Å². The highest BCUT2D eigenvalue weighted by molar-refractivity contribution is 5.78. The number of aromatic nitrogens is 1. The second-order valence-electron chi connectivity index (χ2n) is 5.73. The largest absolute Gasteiger partial charge is 0.354 e. The van der Waals surface area contributed by atoms with Gasteiger partial charge in [0.15, 0.2) is 0 Å². The zero-order valence-corrected chi connectivity index (χ0v) is 13.4. The molecule has 0 unspecified atom stereocenters. The van der Waals surface area contributed by atoms with Gasteiger partial charge in [0.25, 0.3) is 0 Å². The Morgan fingerprint density at radius 1 is 1.23 bits per heavy atom. The first-order valence-corrected chi connectivity index (χ1v) is 7.45. The molecule has 1 aromatic heterocycles. The summed E-state index contributed by atoms with van der Waals surface area (Å²) in [5, 5.41) is 3.02. The Morgan fingerprint density at radius 2 is 1.95 bits per heavy atom. The van der Waals surface area contributed by atoms with E-state index in [1.54, 1.807) is 12.4 Å². The normalized spacial score (nSPS) is 12.2. The summed E-state index contributed by atoms with van der Waals surface area (Å²) in [6.07, 6.45) is 3.80. The lowest BCUT2D eigenvalue weighted by Gasteiger charge is -2.25. The molecule has 0 aliphatic rings. The number of likely N-dealkylation sites (N-methyl/N-ethyl adjacent to an activating group) is 1. The van der Waals surface area contributed by atoms with Crippen LogP contribution in [0.1, 0.15) is 22.7 Å². The second-order valence-corrected chi connectivity index (χ2v) is 5.73. The topological polar surface area (TPSA) is 45.2 Å². The van der Waals surface area contributed by atoms with E-state index >= 15 is 0 Å². The molecule has 1 aromatic carbocycles. The Morgan fingerprint density at radius 3 is 2.55 bits per heavy atom. The molecule has 22 heavy (non-hydrogen) atoms. The highest BCUT2D eigenvalue weighted by Gasteiger charge is 2.15. The Hall–Kier alpha value is -2.20. The van der Waals surface area contributed by atoms with Gasteiger partial charge in [-0.1, -0.05) is 35.9 Å². The van der Waals surface area contributed by atoms with E-state index in [0.717, 1.165) is 5.56 Å².